The Morgan fingerprint density at radius 2 is 2.06 bits per heavy atom. The van der Waals surface area contributed by atoms with Crippen molar-refractivity contribution in [2.24, 2.45) is 7.05 Å². The number of methoxy groups -OCH3 is 1. The summed E-state index contributed by atoms with van der Waals surface area (Å²) in [6.07, 6.45) is 1.72. The summed E-state index contributed by atoms with van der Waals surface area (Å²) in [5, 5.41) is 9.94. The number of pyridine rings is 1. The molecule has 7 nitrogen and oxygen atoms in total. The van der Waals surface area contributed by atoms with Crippen LogP contribution in [0.2, 0.25) is 0 Å². The Bertz CT molecular complexity index is 1670. The number of nitrogens with one attached hydrogen (secondary N) is 2. The van der Waals surface area contributed by atoms with Gasteiger partial charge in [-0.2, -0.15) is 0 Å². The van der Waals surface area contributed by atoms with E-state index in [0.29, 0.717) is 29.5 Å². The molecule has 0 radical (unpaired) electrons. The molecule has 36 heavy (non-hydrogen) atoms. The number of hydrogen-bond donors (Lipinski definition) is 3. The minimum Gasteiger partial charge on any atom is -0.495 e. The van der Waals surface area contributed by atoms with Crippen molar-refractivity contribution in [1.29, 1.82) is 0 Å². The first kappa shape index (κ1) is 23.4. The molecule has 180 valence electrons. The monoisotopic (exact) mass is 495 g/mol. The molecule has 5 rings (SSSR count). The number of anilines is 2. The third kappa shape index (κ3) is 4.15. The summed E-state index contributed by atoms with van der Waals surface area (Å²) in [5.74, 6) is 7.05. The third-order valence-corrected chi connectivity index (χ3v) is 7.07. The van der Waals surface area contributed by atoms with Crippen molar-refractivity contribution in [2.75, 3.05) is 31.8 Å². The minimum atomic E-state index is -0.209. The van der Waals surface area contributed by atoms with Crippen LogP contribution < -0.4 is 21.1 Å². The highest BCUT2D eigenvalue weighted by Crippen LogP contribution is 2.40. The molecular weight excluding hydrogens is 470 g/mol. The zero-order chi connectivity index (χ0) is 25.2. The summed E-state index contributed by atoms with van der Waals surface area (Å²) >= 11 is 1.58. The summed E-state index contributed by atoms with van der Waals surface area (Å²) in [6.45, 7) is 0.591. The molecule has 5 aromatic rings. The second-order valence-electron chi connectivity index (χ2n) is 8.26. The average molecular weight is 496 g/mol. The van der Waals surface area contributed by atoms with Crippen LogP contribution in [0.15, 0.2) is 60.1 Å². The number of amides is 1. The number of rotatable bonds is 5. The van der Waals surface area contributed by atoms with Gasteiger partial charge in [0.05, 0.1) is 29.6 Å². The van der Waals surface area contributed by atoms with Crippen LogP contribution in [0.1, 0.15) is 16.1 Å². The maximum absolute atomic E-state index is 13.1. The van der Waals surface area contributed by atoms with Crippen LogP contribution in [0, 0.1) is 11.8 Å². The third-order valence-electron chi connectivity index (χ3n) is 6.06. The largest absolute Gasteiger partial charge is 0.495 e. The molecule has 0 saturated carbocycles. The molecule has 1 amide bonds. The Labute approximate surface area is 212 Å². The zero-order valence-electron chi connectivity index (χ0n) is 20.2. The molecule has 4 N–H and O–H groups in total. The van der Waals surface area contributed by atoms with E-state index in [0.717, 1.165) is 37.7 Å². The molecule has 0 atom stereocenters. The normalized spacial score (nSPS) is 10.9. The number of nitrogen functional groups attached to an aromatic ring is 1. The Balaban J connectivity index is 1.49. The number of nitrogens with two attached hydrogens (primary N) is 1. The molecule has 0 fully saturated rings. The topological polar surface area (TPSA) is 94.2 Å². The number of para-hydroxylation sites is 1. The van der Waals surface area contributed by atoms with Crippen LogP contribution in [0.4, 0.5) is 11.5 Å². The number of hydrogen-bond acceptors (Lipinski definition) is 6. The molecule has 8 heteroatoms. The van der Waals surface area contributed by atoms with E-state index in [1.807, 2.05) is 67.2 Å². The second-order valence-corrected chi connectivity index (χ2v) is 9.14. The quantitative estimate of drug-likeness (QED) is 0.303. The lowest BCUT2D eigenvalue weighted by Gasteiger charge is -2.13. The summed E-state index contributed by atoms with van der Waals surface area (Å²) in [7, 11) is 5.33. The summed E-state index contributed by atoms with van der Waals surface area (Å²) < 4.78 is 8.53. The van der Waals surface area contributed by atoms with Crippen molar-refractivity contribution in [3.63, 3.8) is 0 Å². The van der Waals surface area contributed by atoms with Gasteiger partial charge >= 0.3 is 0 Å². The predicted octanol–water partition coefficient (Wildman–Crippen LogP) is 4.87. The maximum atomic E-state index is 13.1. The van der Waals surface area contributed by atoms with Gasteiger partial charge in [0.2, 0.25) is 0 Å². The van der Waals surface area contributed by atoms with Gasteiger partial charge in [0.15, 0.2) is 0 Å². The lowest BCUT2D eigenvalue weighted by Crippen LogP contribution is -2.16. The van der Waals surface area contributed by atoms with E-state index in [-0.39, 0.29) is 5.91 Å². The zero-order valence-corrected chi connectivity index (χ0v) is 21.0. The predicted molar refractivity (Wildman–Crippen MR) is 148 cm³/mol. The first-order valence-electron chi connectivity index (χ1n) is 11.3. The number of nitrogens with zero attached hydrogens (tertiary/aromatic N) is 2. The van der Waals surface area contributed by atoms with Gasteiger partial charge in [-0.3, -0.25) is 4.79 Å². The van der Waals surface area contributed by atoms with E-state index in [9.17, 15) is 4.79 Å². The number of carbonyl (C=O) groups excluding carboxylic acids is 1. The van der Waals surface area contributed by atoms with Crippen LogP contribution in [0.3, 0.4) is 0 Å². The van der Waals surface area contributed by atoms with Gasteiger partial charge in [0, 0.05) is 35.1 Å². The van der Waals surface area contributed by atoms with Crippen molar-refractivity contribution in [1.82, 2.24) is 14.9 Å². The van der Waals surface area contributed by atoms with E-state index in [1.54, 1.807) is 24.6 Å². The van der Waals surface area contributed by atoms with Gasteiger partial charge in [-0.15, -0.1) is 11.3 Å². The molecule has 0 aliphatic rings. The molecule has 3 heterocycles. The summed E-state index contributed by atoms with van der Waals surface area (Å²) in [5.41, 5.74) is 11.1. The van der Waals surface area contributed by atoms with Crippen molar-refractivity contribution in [2.45, 2.75) is 0 Å². The average Bonchev–Trinajstić information content (AvgIpc) is 3.49. The Morgan fingerprint density at radius 3 is 2.83 bits per heavy atom. The smallest absolute Gasteiger partial charge is 0.272 e. The van der Waals surface area contributed by atoms with Crippen LogP contribution >= 0.6 is 11.3 Å². The molecule has 0 aliphatic carbocycles. The van der Waals surface area contributed by atoms with Crippen LogP contribution in [-0.2, 0) is 7.05 Å². The molecule has 3 aromatic heterocycles. The summed E-state index contributed by atoms with van der Waals surface area (Å²) in [4.78, 5) is 17.5. The fraction of sp³-hybridized carbons (Fsp3) is 0.143. The van der Waals surface area contributed by atoms with Crippen LogP contribution in [0.25, 0.3) is 32.1 Å². The summed E-state index contributed by atoms with van der Waals surface area (Å²) in [6, 6.07) is 15.5. The van der Waals surface area contributed by atoms with Crippen LogP contribution in [0.5, 0.6) is 5.75 Å². The molecule has 2 aromatic carbocycles. The number of aryl methyl sites for hydroxylation is 1. The standard InChI is InChI=1S/C28H25N5O2S/c1-30-12-6-8-19-15-31-27(29)25-20(16-36-26(19)25)17-10-11-21(24(14-17)35-3)32-28(34)23-13-18-7-4-5-9-22(18)33(23)2/h4-5,7,9-11,13-16,30H,12H2,1-3H3,(H2,29,31)(H,32,34). The Kier molecular flexibility index (Phi) is 6.34. The fourth-order valence-electron chi connectivity index (χ4n) is 4.25. The maximum Gasteiger partial charge on any atom is 0.272 e. The molecule has 0 bridgehead atoms. The van der Waals surface area contributed by atoms with E-state index in [1.165, 1.54) is 0 Å². The van der Waals surface area contributed by atoms with Gasteiger partial charge < -0.3 is 25.7 Å². The highest BCUT2D eigenvalue weighted by Gasteiger charge is 2.18. The van der Waals surface area contributed by atoms with Crippen molar-refractivity contribution < 1.29 is 9.53 Å². The number of thiophene rings is 1. The second kappa shape index (κ2) is 9.74. The highest BCUT2D eigenvalue weighted by atomic mass is 32.1. The SMILES string of the molecule is CNCC#Cc1cnc(N)c2c(-c3ccc(NC(=O)c4cc5ccccc5n4C)c(OC)c3)csc12. The lowest BCUT2D eigenvalue weighted by molar-refractivity contribution is 0.101. The van der Waals surface area contributed by atoms with Gasteiger partial charge in [-0.05, 0) is 42.3 Å². The molecule has 0 unspecified atom stereocenters. The van der Waals surface area contributed by atoms with Crippen LogP contribution in [-0.4, -0.2) is 36.2 Å². The molecule has 0 spiro atoms. The van der Waals surface area contributed by atoms with Gasteiger partial charge in [-0.1, -0.05) is 36.1 Å². The first-order valence-corrected chi connectivity index (χ1v) is 12.2. The van der Waals surface area contributed by atoms with E-state index >= 15 is 0 Å². The van der Waals surface area contributed by atoms with Crippen molar-refractivity contribution >= 4 is 49.7 Å². The molecular formula is C28H25N5O2S. The molecule has 0 aliphatic heterocycles. The molecule has 0 saturated heterocycles. The number of ether oxygens (including phenoxy) is 1. The van der Waals surface area contributed by atoms with E-state index in [4.69, 9.17) is 10.5 Å². The van der Waals surface area contributed by atoms with Gasteiger partial charge in [0.1, 0.15) is 17.3 Å². The minimum absolute atomic E-state index is 0.209. The highest BCUT2D eigenvalue weighted by molar-refractivity contribution is 7.18. The lowest BCUT2D eigenvalue weighted by atomic mass is 10.0. The number of benzene rings is 2. The van der Waals surface area contributed by atoms with Gasteiger partial charge in [-0.25, -0.2) is 4.98 Å². The van der Waals surface area contributed by atoms with Crippen molar-refractivity contribution in [3.05, 3.63) is 71.4 Å². The first-order chi connectivity index (χ1) is 17.5. The van der Waals surface area contributed by atoms with Gasteiger partial charge in [0.25, 0.3) is 5.91 Å². The van der Waals surface area contributed by atoms with Crippen molar-refractivity contribution in [3.8, 4) is 28.7 Å². The fourth-order valence-corrected chi connectivity index (χ4v) is 5.30. The Morgan fingerprint density at radius 1 is 1.22 bits per heavy atom. The number of fused-ring (bicyclic) bond motifs is 2. The number of carbonyl (C=O) groups is 1. The van der Waals surface area contributed by atoms with E-state index in [2.05, 4.69) is 32.8 Å². The van der Waals surface area contributed by atoms with E-state index < -0.39 is 0 Å². The number of aromatic nitrogens is 2. The Hall–Kier alpha value is -4.32.